The number of aliphatic imine (C=N–C) groups is 1. The summed E-state index contributed by atoms with van der Waals surface area (Å²) in [5.41, 5.74) is 1.04. The lowest BCUT2D eigenvalue weighted by molar-refractivity contribution is 0.202. The van der Waals surface area contributed by atoms with Gasteiger partial charge in [0.2, 0.25) is 0 Å². The Balaban J connectivity index is 0.00000300. The smallest absolute Gasteiger partial charge is 0.194 e. The zero-order valence-corrected chi connectivity index (χ0v) is 19.5. The number of rotatable bonds is 6. The van der Waals surface area contributed by atoms with Crippen molar-refractivity contribution >= 4 is 35.6 Å². The van der Waals surface area contributed by atoms with Crippen LogP contribution in [0.1, 0.15) is 11.6 Å². The lowest BCUT2D eigenvalue weighted by Crippen LogP contribution is -2.53. The van der Waals surface area contributed by atoms with Gasteiger partial charge in [-0.1, -0.05) is 0 Å². The topological polar surface area (TPSA) is 70.8 Å². The van der Waals surface area contributed by atoms with Crippen LogP contribution in [-0.4, -0.2) is 72.1 Å². The fraction of sp³-hybridized carbons (Fsp3) is 0.526. The summed E-state index contributed by atoms with van der Waals surface area (Å²) < 4.78 is 20.2. The van der Waals surface area contributed by atoms with Gasteiger partial charge in [-0.15, -0.1) is 34.2 Å². The molecule has 1 aliphatic rings. The second-order valence-electron chi connectivity index (χ2n) is 6.73. The van der Waals surface area contributed by atoms with Crippen LogP contribution < -0.4 is 10.2 Å². The summed E-state index contributed by atoms with van der Waals surface area (Å²) in [5, 5.41) is 11.6. The van der Waals surface area contributed by atoms with Crippen LogP contribution in [-0.2, 0) is 18.3 Å². The minimum atomic E-state index is -0.210. The molecule has 0 bridgehead atoms. The maximum Gasteiger partial charge on any atom is 0.194 e. The van der Waals surface area contributed by atoms with Gasteiger partial charge in [-0.3, -0.25) is 0 Å². The molecule has 1 saturated heterocycles. The predicted octanol–water partition coefficient (Wildman–Crippen LogP) is 1.79. The number of hydrogen-bond donors (Lipinski definition) is 1. The molecule has 0 unspecified atom stereocenters. The Kier molecular flexibility index (Phi) is 9.08. The highest BCUT2D eigenvalue weighted by molar-refractivity contribution is 14.0. The molecule has 160 valence electrons. The standard InChI is InChI=1S/C19H28FN7O.HI/c1-15-23-24-18(25(15)2)14-22-19(21-8-13-28-3)27-11-9-26(10-12-27)17-6-4-16(20)5-7-17;/h4-7H,8-14H2,1-3H3,(H,21,22);1H. The summed E-state index contributed by atoms with van der Waals surface area (Å²) in [4.78, 5) is 9.25. The second-order valence-corrected chi connectivity index (χ2v) is 6.73. The van der Waals surface area contributed by atoms with Crippen LogP contribution in [0.4, 0.5) is 10.1 Å². The predicted molar refractivity (Wildman–Crippen MR) is 122 cm³/mol. The SMILES string of the molecule is COCCNC(=NCc1nnc(C)n1C)N1CCN(c2ccc(F)cc2)CC1.I. The molecule has 0 atom stereocenters. The maximum absolute atomic E-state index is 13.2. The maximum atomic E-state index is 13.2. The number of nitrogens with zero attached hydrogens (tertiary/aromatic N) is 6. The molecule has 29 heavy (non-hydrogen) atoms. The Hall–Kier alpha value is -1.95. The van der Waals surface area contributed by atoms with Crippen molar-refractivity contribution in [1.82, 2.24) is 25.0 Å². The number of nitrogens with one attached hydrogen (secondary N) is 1. The first kappa shape index (κ1) is 23.3. The Morgan fingerprint density at radius 2 is 1.86 bits per heavy atom. The van der Waals surface area contributed by atoms with Gasteiger partial charge in [-0.05, 0) is 31.2 Å². The minimum absolute atomic E-state index is 0. The number of benzene rings is 1. The molecule has 1 N–H and O–H groups in total. The molecule has 10 heteroatoms. The molecule has 1 aliphatic heterocycles. The first-order valence-electron chi connectivity index (χ1n) is 9.46. The van der Waals surface area contributed by atoms with Gasteiger partial charge >= 0.3 is 0 Å². The number of anilines is 1. The van der Waals surface area contributed by atoms with E-state index in [1.807, 2.05) is 30.7 Å². The van der Waals surface area contributed by atoms with Crippen LogP contribution in [0, 0.1) is 12.7 Å². The summed E-state index contributed by atoms with van der Waals surface area (Å²) in [6.07, 6.45) is 0. The van der Waals surface area contributed by atoms with Gasteiger partial charge in [0.05, 0.1) is 6.61 Å². The Morgan fingerprint density at radius 3 is 2.45 bits per heavy atom. The third-order valence-corrected chi connectivity index (χ3v) is 4.91. The summed E-state index contributed by atoms with van der Waals surface area (Å²) in [6, 6.07) is 6.66. The number of guanidine groups is 1. The van der Waals surface area contributed by atoms with E-state index in [9.17, 15) is 4.39 Å². The molecular formula is C19H29FIN7O. The number of ether oxygens (including phenoxy) is 1. The normalized spacial score (nSPS) is 14.7. The van der Waals surface area contributed by atoms with E-state index in [1.54, 1.807) is 7.11 Å². The highest BCUT2D eigenvalue weighted by Crippen LogP contribution is 2.17. The van der Waals surface area contributed by atoms with E-state index in [0.29, 0.717) is 19.7 Å². The van der Waals surface area contributed by atoms with Crippen molar-refractivity contribution in [2.45, 2.75) is 13.5 Å². The zero-order valence-electron chi connectivity index (χ0n) is 17.1. The molecule has 0 amide bonds. The molecule has 0 saturated carbocycles. The lowest BCUT2D eigenvalue weighted by Gasteiger charge is -2.37. The Morgan fingerprint density at radius 1 is 1.17 bits per heavy atom. The minimum Gasteiger partial charge on any atom is -0.383 e. The average Bonchev–Trinajstić information content (AvgIpc) is 3.03. The van der Waals surface area contributed by atoms with Gasteiger partial charge in [0.15, 0.2) is 11.8 Å². The number of piperazine rings is 1. The van der Waals surface area contributed by atoms with Crippen LogP contribution in [0.2, 0.25) is 0 Å². The monoisotopic (exact) mass is 517 g/mol. The van der Waals surface area contributed by atoms with Crippen molar-refractivity contribution in [1.29, 1.82) is 0 Å². The fourth-order valence-electron chi connectivity index (χ4n) is 3.10. The molecular weight excluding hydrogens is 488 g/mol. The van der Waals surface area contributed by atoms with Crippen molar-refractivity contribution in [2.75, 3.05) is 51.3 Å². The largest absolute Gasteiger partial charge is 0.383 e. The third-order valence-electron chi connectivity index (χ3n) is 4.91. The summed E-state index contributed by atoms with van der Waals surface area (Å²) in [5.74, 6) is 2.33. The van der Waals surface area contributed by atoms with Crippen LogP contribution in [0.15, 0.2) is 29.3 Å². The van der Waals surface area contributed by atoms with Gasteiger partial charge in [0.25, 0.3) is 0 Å². The number of halogens is 2. The number of hydrogen-bond acceptors (Lipinski definition) is 5. The van der Waals surface area contributed by atoms with E-state index in [1.165, 1.54) is 12.1 Å². The number of aryl methyl sites for hydroxylation is 1. The summed E-state index contributed by atoms with van der Waals surface area (Å²) >= 11 is 0. The average molecular weight is 517 g/mol. The fourth-order valence-corrected chi connectivity index (χ4v) is 3.10. The van der Waals surface area contributed by atoms with Crippen LogP contribution >= 0.6 is 24.0 Å². The quantitative estimate of drug-likeness (QED) is 0.273. The second kappa shape index (κ2) is 11.3. The van der Waals surface area contributed by atoms with E-state index in [-0.39, 0.29) is 29.8 Å². The van der Waals surface area contributed by atoms with Crippen molar-refractivity contribution in [2.24, 2.45) is 12.0 Å². The van der Waals surface area contributed by atoms with E-state index in [4.69, 9.17) is 9.73 Å². The summed E-state index contributed by atoms with van der Waals surface area (Å²) in [6.45, 7) is 7.03. The third kappa shape index (κ3) is 6.26. The van der Waals surface area contributed by atoms with Gasteiger partial charge in [0.1, 0.15) is 18.2 Å². The molecule has 1 aromatic carbocycles. The molecule has 1 aromatic heterocycles. The lowest BCUT2D eigenvalue weighted by atomic mass is 10.2. The molecule has 1 fully saturated rings. The molecule has 8 nitrogen and oxygen atoms in total. The molecule has 0 aliphatic carbocycles. The van der Waals surface area contributed by atoms with Crippen molar-refractivity contribution in [3.05, 3.63) is 41.7 Å². The van der Waals surface area contributed by atoms with E-state index >= 15 is 0 Å². The molecule has 2 heterocycles. The molecule has 3 rings (SSSR count). The first-order chi connectivity index (χ1) is 13.6. The highest BCUT2D eigenvalue weighted by atomic mass is 127. The van der Waals surface area contributed by atoms with Gasteiger partial charge in [0, 0.05) is 52.6 Å². The van der Waals surface area contributed by atoms with Gasteiger partial charge in [-0.2, -0.15) is 0 Å². The van der Waals surface area contributed by atoms with Crippen molar-refractivity contribution in [3.8, 4) is 0 Å². The van der Waals surface area contributed by atoms with E-state index in [0.717, 1.165) is 49.5 Å². The zero-order chi connectivity index (χ0) is 19.9. The Bertz CT molecular complexity index is 788. The molecule has 2 aromatic rings. The van der Waals surface area contributed by atoms with Crippen LogP contribution in [0.5, 0.6) is 0 Å². The Labute approximate surface area is 188 Å². The van der Waals surface area contributed by atoms with Crippen molar-refractivity contribution in [3.63, 3.8) is 0 Å². The number of aromatic nitrogens is 3. The van der Waals surface area contributed by atoms with E-state index < -0.39 is 0 Å². The number of methoxy groups -OCH3 is 1. The van der Waals surface area contributed by atoms with Gasteiger partial charge in [-0.25, -0.2) is 9.38 Å². The van der Waals surface area contributed by atoms with Crippen molar-refractivity contribution < 1.29 is 9.13 Å². The highest BCUT2D eigenvalue weighted by Gasteiger charge is 2.20. The molecule has 0 spiro atoms. The van der Waals surface area contributed by atoms with Crippen LogP contribution in [0.3, 0.4) is 0 Å². The van der Waals surface area contributed by atoms with E-state index in [2.05, 4.69) is 25.3 Å². The molecule has 0 radical (unpaired) electrons. The first-order valence-corrected chi connectivity index (χ1v) is 9.46. The van der Waals surface area contributed by atoms with Gasteiger partial charge < -0.3 is 24.4 Å². The van der Waals surface area contributed by atoms with Crippen LogP contribution in [0.25, 0.3) is 0 Å². The summed E-state index contributed by atoms with van der Waals surface area (Å²) in [7, 11) is 3.63.